The van der Waals surface area contributed by atoms with Crippen LogP contribution in [0.1, 0.15) is 25.3 Å². The maximum absolute atomic E-state index is 11.8. The second kappa shape index (κ2) is 7.04. The third-order valence-electron chi connectivity index (χ3n) is 4.40. The van der Waals surface area contributed by atoms with E-state index in [1.807, 2.05) is 13.0 Å². The van der Waals surface area contributed by atoms with Gasteiger partial charge in [0, 0.05) is 18.2 Å². The fourth-order valence-electron chi connectivity index (χ4n) is 3.16. The fourth-order valence-corrected chi connectivity index (χ4v) is 3.16. The molecule has 0 spiro atoms. The Hall–Kier alpha value is -2.01. The number of likely N-dealkylation sites (tertiary alicyclic amines) is 1. The van der Waals surface area contributed by atoms with Crippen LogP contribution in [0.25, 0.3) is 6.08 Å². The minimum Gasteiger partial charge on any atom is -0.508 e. The lowest BCUT2D eigenvalue weighted by Crippen LogP contribution is -2.38. The van der Waals surface area contributed by atoms with E-state index in [4.69, 9.17) is 9.47 Å². The van der Waals surface area contributed by atoms with Crippen LogP contribution in [-0.4, -0.2) is 48.8 Å². The van der Waals surface area contributed by atoms with Crippen LogP contribution >= 0.6 is 0 Å². The first kappa shape index (κ1) is 15.9. The first-order chi connectivity index (χ1) is 11.2. The van der Waals surface area contributed by atoms with E-state index < -0.39 is 0 Å². The van der Waals surface area contributed by atoms with E-state index in [1.54, 1.807) is 12.1 Å². The van der Waals surface area contributed by atoms with E-state index in [0.29, 0.717) is 13.2 Å². The quantitative estimate of drug-likeness (QED) is 0.864. The number of phenols is 1. The van der Waals surface area contributed by atoms with E-state index in [-0.39, 0.29) is 17.6 Å². The Balaban J connectivity index is 1.55. The highest BCUT2D eigenvalue weighted by atomic mass is 16.5. The summed E-state index contributed by atoms with van der Waals surface area (Å²) in [4.78, 5) is 14.1. The molecule has 2 heterocycles. The molecule has 3 rings (SSSR count). The van der Waals surface area contributed by atoms with Gasteiger partial charge in [0.25, 0.3) is 0 Å². The van der Waals surface area contributed by atoms with Gasteiger partial charge in [-0.2, -0.15) is 0 Å². The lowest BCUT2D eigenvalue weighted by atomic mass is 9.96. The van der Waals surface area contributed by atoms with Gasteiger partial charge in [0.2, 0.25) is 0 Å². The molecular weight excluding hydrogens is 294 g/mol. The molecule has 23 heavy (non-hydrogen) atoms. The minimum atomic E-state index is -0.0545. The van der Waals surface area contributed by atoms with Crippen molar-refractivity contribution in [2.24, 2.45) is 5.92 Å². The summed E-state index contributed by atoms with van der Waals surface area (Å²) in [7, 11) is 0. The van der Waals surface area contributed by atoms with Gasteiger partial charge in [0.15, 0.2) is 0 Å². The maximum Gasteiger partial charge on any atom is 0.309 e. The Bertz CT molecular complexity index is 603. The molecular formula is C18H23NO4. The third-order valence-corrected chi connectivity index (χ3v) is 4.40. The molecule has 1 N–H and O–H groups in total. The van der Waals surface area contributed by atoms with E-state index >= 15 is 0 Å². The van der Waals surface area contributed by atoms with Crippen LogP contribution in [0.5, 0.6) is 11.5 Å². The molecule has 0 atom stereocenters. The second-order valence-electron chi connectivity index (χ2n) is 6.12. The standard InChI is InChI=1S/C18H23NO4/c1-2-22-18(21)14-5-7-19(8-6-14)11-13-9-15-3-4-16(20)10-17(15)23-12-13/h3-4,9-10,14,20H,2,5-8,11-12H2,1H3. The molecule has 5 heteroatoms. The zero-order valence-electron chi connectivity index (χ0n) is 13.5. The summed E-state index contributed by atoms with van der Waals surface area (Å²) < 4.78 is 10.8. The lowest BCUT2D eigenvalue weighted by Gasteiger charge is -2.32. The number of fused-ring (bicyclic) bond motifs is 1. The first-order valence-corrected chi connectivity index (χ1v) is 8.20. The van der Waals surface area contributed by atoms with Crippen molar-refractivity contribution < 1.29 is 19.4 Å². The first-order valence-electron chi connectivity index (χ1n) is 8.20. The number of carbonyl (C=O) groups excluding carboxylic acids is 1. The van der Waals surface area contributed by atoms with Crippen LogP contribution in [0, 0.1) is 5.92 Å². The number of rotatable bonds is 4. The Morgan fingerprint density at radius 1 is 1.39 bits per heavy atom. The molecule has 1 aromatic rings. The molecule has 2 aliphatic heterocycles. The number of carbonyl (C=O) groups is 1. The third kappa shape index (κ3) is 3.85. The van der Waals surface area contributed by atoms with Crippen molar-refractivity contribution >= 4 is 12.0 Å². The number of aromatic hydroxyl groups is 1. The van der Waals surface area contributed by atoms with Gasteiger partial charge < -0.3 is 14.6 Å². The van der Waals surface area contributed by atoms with Gasteiger partial charge in [0.05, 0.1) is 12.5 Å². The van der Waals surface area contributed by atoms with Crippen molar-refractivity contribution in [1.29, 1.82) is 0 Å². The van der Waals surface area contributed by atoms with Crippen molar-refractivity contribution in [2.45, 2.75) is 19.8 Å². The summed E-state index contributed by atoms with van der Waals surface area (Å²) in [6, 6.07) is 5.19. The summed E-state index contributed by atoms with van der Waals surface area (Å²) in [6.07, 6.45) is 3.85. The van der Waals surface area contributed by atoms with Gasteiger partial charge in [-0.15, -0.1) is 0 Å². The Morgan fingerprint density at radius 3 is 2.91 bits per heavy atom. The number of nitrogens with zero attached hydrogens (tertiary/aromatic N) is 1. The summed E-state index contributed by atoms with van der Waals surface area (Å²) in [5.74, 6) is 0.948. The molecule has 0 radical (unpaired) electrons. The highest BCUT2D eigenvalue weighted by Gasteiger charge is 2.26. The van der Waals surface area contributed by atoms with Gasteiger partial charge >= 0.3 is 5.97 Å². The van der Waals surface area contributed by atoms with Crippen LogP contribution < -0.4 is 4.74 Å². The molecule has 5 nitrogen and oxygen atoms in total. The molecule has 0 amide bonds. The van der Waals surface area contributed by atoms with Gasteiger partial charge in [-0.1, -0.05) is 0 Å². The smallest absolute Gasteiger partial charge is 0.309 e. The number of piperidine rings is 1. The summed E-state index contributed by atoms with van der Waals surface area (Å²) >= 11 is 0. The molecule has 0 aliphatic carbocycles. The molecule has 1 saturated heterocycles. The van der Waals surface area contributed by atoms with Crippen LogP contribution in [0.15, 0.2) is 23.8 Å². The van der Waals surface area contributed by atoms with Crippen LogP contribution in [-0.2, 0) is 9.53 Å². The molecule has 1 fully saturated rings. The van der Waals surface area contributed by atoms with Crippen molar-refractivity contribution in [3.8, 4) is 11.5 Å². The maximum atomic E-state index is 11.8. The monoisotopic (exact) mass is 317 g/mol. The normalized spacial score (nSPS) is 18.7. The largest absolute Gasteiger partial charge is 0.508 e. The highest BCUT2D eigenvalue weighted by molar-refractivity contribution is 5.72. The second-order valence-corrected chi connectivity index (χ2v) is 6.12. The van der Waals surface area contributed by atoms with E-state index in [2.05, 4.69) is 11.0 Å². The summed E-state index contributed by atoms with van der Waals surface area (Å²) in [6.45, 7) is 5.52. The Labute approximate surface area is 136 Å². The van der Waals surface area contributed by atoms with Gasteiger partial charge in [-0.05, 0) is 56.6 Å². The predicted molar refractivity (Wildman–Crippen MR) is 87.4 cm³/mol. The van der Waals surface area contributed by atoms with Gasteiger partial charge in [0.1, 0.15) is 18.1 Å². The van der Waals surface area contributed by atoms with Crippen molar-refractivity contribution in [3.63, 3.8) is 0 Å². The van der Waals surface area contributed by atoms with E-state index in [0.717, 1.165) is 43.8 Å². The molecule has 0 saturated carbocycles. The van der Waals surface area contributed by atoms with E-state index in [1.165, 1.54) is 5.57 Å². The van der Waals surface area contributed by atoms with Crippen LogP contribution in [0.2, 0.25) is 0 Å². The van der Waals surface area contributed by atoms with Crippen molar-refractivity contribution in [2.75, 3.05) is 32.8 Å². The zero-order chi connectivity index (χ0) is 16.2. The summed E-state index contributed by atoms with van der Waals surface area (Å²) in [5.41, 5.74) is 2.23. The Kier molecular flexibility index (Phi) is 4.86. The summed E-state index contributed by atoms with van der Waals surface area (Å²) in [5, 5.41) is 9.48. The van der Waals surface area contributed by atoms with Crippen molar-refractivity contribution in [1.82, 2.24) is 4.90 Å². The number of benzene rings is 1. The molecule has 2 aliphatic rings. The number of phenolic OH excluding ortho intramolecular Hbond substituents is 1. The highest BCUT2D eigenvalue weighted by Crippen LogP contribution is 2.30. The number of esters is 1. The van der Waals surface area contributed by atoms with Crippen LogP contribution in [0.4, 0.5) is 0 Å². The SMILES string of the molecule is CCOC(=O)C1CCN(CC2=Cc3ccc(O)cc3OC2)CC1. The fraction of sp³-hybridized carbons (Fsp3) is 0.500. The van der Waals surface area contributed by atoms with Crippen LogP contribution in [0.3, 0.4) is 0 Å². The Morgan fingerprint density at radius 2 is 2.17 bits per heavy atom. The number of ether oxygens (including phenoxy) is 2. The topological polar surface area (TPSA) is 59.0 Å². The van der Waals surface area contributed by atoms with Gasteiger partial charge in [-0.25, -0.2) is 0 Å². The lowest BCUT2D eigenvalue weighted by molar-refractivity contribution is -0.149. The molecule has 1 aromatic carbocycles. The average Bonchev–Trinajstić information content (AvgIpc) is 2.56. The number of hydrogen-bond acceptors (Lipinski definition) is 5. The molecule has 0 bridgehead atoms. The molecule has 0 aromatic heterocycles. The number of hydrogen-bond donors (Lipinski definition) is 1. The molecule has 0 unspecified atom stereocenters. The van der Waals surface area contributed by atoms with E-state index in [9.17, 15) is 9.90 Å². The minimum absolute atomic E-state index is 0.0477. The zero-order valence-corrected chi connectivity index (χ0v) is 13.5. The average molecular weight is 317 g/mol. The molecule has 124 valence electrons. The van der Waals surface area contributed by atoms with Gasteiger partial charge in [-0.3, -0.25) is 9.69 Å². The predicted octanol–water partition coefficient (Wildman–Crippen LogP) is 2.44. The van der Waals surface area contributed by atoms with Crippen molar-refractivity contribution in [3.05, 3.63) is 29.3 Å².